The molecule has 1 saturated heterocycles. The number of fused-ring (bicyclic) bond motifs is 1. The van der Waals surface area contributed by atoms with Gasteiger partial charge in [-0.15, -0.1) is 0 Å². The van der Waals surface area contributed by atoms with Crippen LogP contribution < -0.4 is 5.32 Å². The van der Waals surface area contributed by atoms with Crippen LogP contribution in [0.5, 0.6) is 0 Å². The smallest absolute Gasteiger partial charge is 0.338 e. The van der Waals surface area contributed by atoms with Gasteiger partial charge in [0.2, 0.25) is 5.91 Å². The third-order valence-electron chi connectivity index (χ3n) is 5.66. The fourth-order valence-electron chi connectivity index (χ4n) is 3.96. The lowest BCUT2D eigenvalue weighted by Gasteiger charge is -2.32. The number of hydrogen-bond acceptors (Lipinski definition) is 7. The summed E-state index contributed by atoms with van der Waals surface area (Å²) in [5.41, 5.74) is 3.99. The van der Waals surface area contributed by atoms with Crippen molar-refractivity contribution in [2.45, 2.75) is 32.5 Å². The number of nitrogens with zero attached hydrogens (tertiary/aromatic N) is 2. The fourth-order valence-corrected chi connectivity index (χ4v) is 4.43. The van der Waals surface area contributed by atoms with E-state index in [0.717, 1.165) is 48.3 Å². The van der Waals surface area contributed by atoms with Crippen LogP contribution in [0.4, 0.5) is 5.69 Å². The predicted octanol–water partition coefficient (Wildman–Crippen LogP) is 2.51. The largest absolute Gasteiger partial charge is 0.457 e. The highest BCUT2D eigenvalue weighted by Gasteiger charge is 2.29. The van der Waals surface area contributed by atoms with Crippen molar-refractivity contribution in [3.05, 3.63) is 46.0 Å². The highest BCUT2D eigenvalue weighted by molar-refractivity contribution is 7.04. The van der Waals surface area contributed by atoms with E-state index in [0.29, 0.717) is 12.1 Å². The van der Waals surface area contributed by atoms with Crippen molar-refractivity contribution in [3.63, 3.8) is 0 Å². The molecule has 0 saturated carbocycles. The Kier molecular flexibility index (Phi) is 5.43. The van der Waals surface area contributed by atoms with E-state index in [4.69, 9.17) is 4.74 Å². The number of benzene rings is 1. The standard InChI is InChI=1S/C20H23N3O4S/c1-12-15(2-3-16-17(12)10-27-20(16)26)18(24)9-23-6-4-13(5-7-23)19(25)22-14-8-21-28-11-14/h2-3,8,11,13,18,24H,4-7,9-10H2,1H3,(H,22,25). The molecule has 2 N–H and O–H groups in total. The van der Waals surface area contributed by atoms with Crippen LogP contribution in [-0.4, -0.2) is 45.9 Å². The molecule has 0 spiro atoms. The van der Waals surface area contributed by atoms with Gasteiger partial charge in [0.15, 0.2) is 0 Å². The summed E-state index contributed by atoms with van der Waals surface area (Å²) >= 11 is 1.31. The lowest BCUT2D eigenvalue weighted by atomic mass is 9.93. The number of carbonyl (C=O) groups excluding carboxylic acids is 2. The number of piperidine rings is 1. The molecule has 0 aliphatic carbocycles. The number of carbonyl (C=O) groups is 2. The molecule has 4 rings (SSSR count). The minimum absolute atomic E-state index is 0.0156. The number of cyclic esters (lactones) is 1. The monoisotopic (exact) mass is 401 g/mol. The number of esters is 1. The number of β-amino-alcohol motifs (C(OH)–C–C–N with tert-alkyl or cyclic N) is 1. The number of anilines is 1. The fraction of sp³-hybridized carbons (Fsp3) is 0.450. The zero-order valence-electron chi connectivity index (χ0n) is 15.7. The van der Waals surface area contributed by atoms with Crippen LogP contribution >= 0.6 is 11.5 Å². The number of ether oxygens (including phenoxy) is 1. The number of rotatable bonds is 5. The highest BCUT2D eigenvalue weighted by atomic mass is 32.1. The average Bonchev–Trinajstić information content (AvgIpc) is 3.33. The third-order valence-corrected chi connectivity index (χ3v) is 6.24. The summed E-state index contributed by atoms with van der Waals surface area (Å²) in [4.78, 5) is 26.2. The maximum atomic E-state index is 12.4. The van der Waals surface area contributed by atoms with Crippen LogP contribution in [0.1, 0.15) is 46.0 Å². The van der Waals surface area contributed by atoms with Crippen molar-refractivity contribution in [2.75, 3.05) is 25.0 Å². The van der Waals surface area contributed by atoms with Crippen molar-refractivity contribution >= 4 is 29.1 Å². The van der Waals surface area contributed by atoms with Crippen molar-refractivity contribution in [3.8, 4) is 0 Å². The summed E-state index contributed by atoms with van der Waals surface area (Å²) < 4.78 is 9.08. The third kappa shape index (κ3) is 3.80. The van der Waals surface area contributed by atoms with Gasteiger partial charge in [0.05, 0.1) is 23.6 Å². The number of hydrogen-bond donors (Lipinski definition) is 2. The summed E-state index contributed by atoms with van der Waals surface area (Å²) in [6.07, 6.45) is 2.55. The van der Waals surface area contributed by atoms with E-state index in [1.165, 1.54) is 11.5 Å². The molecule has 8 heteroatoms. The number of aliphatic hydroxyl groups excluding tert-OH is 1. The Hall–Kier alpha value is -2.29. The van der Waals surface area contributed by atoms with Gasteiger partial charge in [-0.25, -0.2) is 4.79 Å². The quantitative estimate of drug-likeness (QED) is 0.748. The first-order chi connectivity index (χ1) is 13.5. The molecule has 0 radical (unpaired) electrons. The second-order valence-electron chi connectivity index (χ2n) is 7.38. The van der Waals surface area contributed by atoms with Gasteiger partial charge in [0, 0.05) is 23.4 Å². The molecule has 0 bridgehead atoms. The number of aromatic nitrogens is 1. The van der Waals surface area contributed by atoms with Gasteiger partial charge in [-0.3, -0.25) is 4.79 Å². The Balaban J connectivity index is 1.32. The van der Waals surface area contributed by atoms with E-state index >= 15 is 0 Å². The maximum Gasteiger partial charge on any atom is 0.338 e. The second-order valence-corrected chi connectivity index (χ2v) is 8.03. The van der Waals surface area contributed by atoms with Crippen molar-refractivity contribution < 1.29 is 19.4 Å². The summed E-state index contributed by atoms with van der Waals surface area (Å²) in [6, 6.07) is 3.56. The van der Waals surface area contributed by atoms with Crippen molar-refractivity contribution in [2.24, 2.45) is 5.92 Å². The summed E-state index contributed by atoms with van der Waals surface area (Å²) in [6.45, 7) is 4.25. The Morgan fingerprint density at radius 3 is 2.93 bits per heavy atom. The number of aliphatic hydroxyl groups is 1. The van der Waals surface area contributed by atoms with Crippen LogP contribution in [0, 0.1) is 12.8 Å². The Morgan fingerprint density at radius 2 is 2.21 bits per heavy atom. The molecule has 2 aromatic rings. The first-order valence-corrected chi connectivity index (χ1v) is 10.3. The molecule has 1 fully saturated rings. The van der Waals surface area contributed by atoms with E-state index in [1.54, 1.807) is 12.3 Å². The number of amides is 1. The maximum absolute atomic E-state index is 12.4. The van der Waals surface area contributed by atoms with Gasteiger partial charge >= 0.3 is 5.97 Å². The summed E-state index contributed by atoms with van der Waals surface area (Å²) in [5.74, 6) is -0.268. The molecular weight excluding hydrogens is 378 g/mol. The molecule has 3 heterocycles. The summed E-state index contributed by atoms with van der Waals surface area (Å²) in [7, 11) is 0. The number of likely N-dealkylation sites (tertiary alicyclic amines) is 1. The van der Waals surface area contributed by atoms with Crippen LogP contribution in [0.25, 0.3) is 0 Å². The van der Waals surface area contributed by atoms with E-state index in [9.17, 15) is 14.7 Å². The lowest BCUT2D eigenvalue weighted by Crippen LogP contribution is -2.40. The van der Waals surface area contributed by atoms with Crippen LogP contribution in [0.15, 0.2) is 23.7 Å². The molecule has 1 aromatic heterocycles. The topological polar surface area (TPSA) is 91.8 Å². The van der Waals surface area contributed by atoms with Crippen LogP contribution in [-0.2, 0) is 16.1 Å². The predicted molar refractivity (Wildman–Crippen MR) is 105 cm³/mol. The molecule has 28 heavy (non-hydrogen) atoms. The minimum Gasteiger partial charge on any atom is -0.457 e. The SMILES string of the molecule is Cc1c(C(O)CN2CCC(C(=O)Nc3cnsc3)CC2)ccc2c1COC2=O. The van der Waals surface area contributed by atoms with E-state index in [1.807, 2.05) is 18.4 Å². The van der Waals surface area contributed by atoms with Gasteiger partial charge in [0.25, 0.3) is 0 Å². The van der Waals surface area contributed by atoms with E-state index in [2.05, 4.69) is 14.6 Å². The average molecular weight is 401 g/mol. The first-order valence-electron chi connectivity index (χ1n) is 9.43. The highest BCUT2D eigenvalue weighted by Crippen LogP contribution is 2.30. The van der Waals surface area contributed by atoms with Crippen molar-refractivity contribution in [1.82, 2.24) is 9.27 Å². The van der Waals surface area contributed by atoms with Gasteiger partial charge in [-0.2, -0.15) is 4.37 Å². The van der Waals surface area contributed by atoms with Gasteiger partial charge < -0.3 is 20.1 Å². The molecular formula is C20H23N3O4S. The molecule has 1 unspecified atom stereocenters. The van der Waals surface area contributed by atoms with Crippen LogP contribution in [0.2, 0.25) is 0 Å². The molecule has 2 aliphatic rings. The molecule has 1 atom stereocenters. The van der Waals surface area contributed by atoms with Crippen molar-refractivity contribution in [1.29, 1.82) is 0 Å². The summed E-state index contributed by atoms with van der Waals surface area (Å²) in [5, 5.41) is 15.5. The Bertz CT molecular complexity index is 876. The minimum atomic E-state index is -0.636. The first kappa shape index (κ1) is 19.0. The normalized spacial score (nSPS) is 18.6. The second kappa shape index (κ2) is 7.98. The zero-order chi connectivity index (χ0) is 19.7. The lowest BCUT2D eigenvalue weighted by molar-refractivity contribution is -0.121. The number of nitrogens with one attached hydrogen (secondary N) is 1. The zero-order valence-corrected chi connectivity index (χ0v) is 16.5. The van der Waals surface area contributed by atoms with Crippen LogP contribution in [0.3, 0.4) is 0 Å². The molecule has 7 nitrogen and oxygen atoms in total. The molecule has 148 valence electrons. The molecule has 2 aliphatic heterocycles. The van der Waals surface area contributed by atoms with Gasteiger partial charge in [-0.05, 0) is 61.6 Å². The molecule has 1 amide bonds. The Morgan fingerprint density at radius 1 is 1.43 bits per heavy atom. The van der Waals surface area contributed by atoms with E-state index < -0.39 is 6.10 Å². The van der Waals surface area contributed by atoms with Gasteiger partial charge in [-0.1, -0.05) is 6.07 Å². The molecule has 1 aromatic carbocycles. The Labute approximate surface area is 167 Å². The van der Waals surface area contributed by atoms with E-state index in [-0.39, 0.29) is 24.4 Å². The van der Waals surface area contributed by atoms with Gasteiger partial charge in [0.1, 0.15) is 6.61 Å².